The number of rotatable bonds is 7. The van der Waals surface area contributed by atoms with E-state index in [4.69, 9.17) is 9.47 Å². The molecule has 2 rings (SSSR count). The fraction of sp³-hybridized carbons (Fsp3) is 0.294. The quantitative estimate of drug-likeness (QED) is 0.747. The summed E-state index contributed by atoms with van der Waals surface area (Å²) in [7, 11) is 3.11. The van der Waals surface area contributed by atoms with Crippen LogP contribution in [0, 0.1) is 0 Å². The second kappa shape index (κ2) is 8.93. The number of hydrogen-bond donors (Lipinski definition) is 2. The average molecular weight is 348 g/mol. The van der Waals surface area contributed by atoms with Gasteiger partial charge in [0.2, 0.25) is 0 Å². The molecule has 2 N–H and O–H groups in total. The van der Waals surface area contributed by atoms with Crippen molar-refractivity contribution in [2.24, 2.45) is 0 Å². The SMILES string of the molecule is COc1ccc(CNC(=O)C(=O)NCCc2cccs2)c(OC)c1. The lowest BCUT2D eigenvalue weighted by Crippen LogP contribution is -2.40. The first-order valence-electron chi connectivity index (χ1n) is 7.43. The van der Waals surface area contributed by atoms with Gasteiger partial charge in [-0.1, -0.05) is 6.07 Å². The first kappa shape index (κ1) is 17.8. The lowest BCUT2D eigenvalue weighted by Gasteiger charge is -2.11. The Morgan fingerprint density at radius 1 is 1.08 bits per heavy atom. The van der Waals surface area contributed by atoms with Crippen LogP contribution in [0.15, 0.2) is 35.7 Å². The molecule has 128 valence electrons. The summed E-state index contributed by atoms with van der Waals surface area (Å²) in [6.45, 7) is 0.628. The van der Waals surface area contributed by atoms with Gasteiger partial charge in [0.1, 0.15) is 11.5 Å². The predicted molar refractivity (Wildman–Crippen MR) is 92.4 cm³/mol. The van der Waals surface area contributed by atoms with Crippen LogP contribution in [0.5, 0.6) is 11.5 Å². The van der Waals surface area contributed by atoms with Gasteiger partial charge in [-0.3, -0.25) is 9.59 Å². The van der Waals surface area contributed by atoms with E-state index in [-0.39, 0.29) is 6.54 Å². The molecule has 2 amide bonds. The van der Waals surface area contributed by atoms with Gasteiger partial charge in [0.05, 0.1) is 14.2 Å². The summed E-state index contributed by atoms with van der Waals surface area (Å²) < 4.78 is 10.4. The molecule has 0 fully saturated rings. The number of hydrogen-bond acceptors (Lipinski definition) is 5. The highest BCUT2D eigenvalue weighted by Gasteiger charge is 2.14. The maximum absolute atomic E-state index is 11.8. The van der Waals surface area contributed by atoms with Gasteiger partial charge < -0.3 is 20.1 Å². The Labute approximate surface area is 144 Å². The van der Waals surface area contributed by atoms with E-state index in [2.05, 4.69) is 10.6 Å². The van der Waals surface area contributed by atoms with Gasteiger partial charge >= 0.3 is 11.8 Å². The van der Waals surface area contributed by atoms with Crippen LogP contribution in [0.1, 0.15) is 10.4 Å². The van der Waals surface area contributed by atoms with Crippen molar-refractivity contribution < 1.29 is 19.1 Å². The highest BCUT2D eigenvalue weighted by atomic mass is 32.1. The Hall–Kier alpha value is -2.54. The number of amides is 2. The molecule has 1 aromatic heterocycles. The predicted octanol–water partition coefficient (Wildman–Crippen LogP) is 1.74. The van der Waals surface area contributed by atoms with Gasteiger partial charge in [-0.15, -0.1) is 11.3 Å². The second-order valence-corrected chi connectivity index (χ2v) is 5.98. The smallest absolute Gasteiger partial charge is 0.309 e. The summed E-state index contributed by atoms with van der Waals surface area (Å²) in [4.78, 5) is 24.8. The molecule has 0 aliphatic rings. The third-order valence-corrected chi connectivity index (χ3v) is 4.31. The van der Waals surface area contributed by atoms with Gasteiger partial charge in [0.25, 0.3) is 0 Å². The molecule has 0 bridgehead atoms. The van der Waals surface area contributed by atoms with Crippen molar-refractivity contribution in [2.75, 3.05) is 20.8 Å². The number of benzene rings is 1. The topological polar surface area (TPSA) is 76.7 Å². The normalized spacial score (nSPS) is 10.1. The Morgan fingerprint density at radius 3 is 2.54 bits per heavy atom. The number of ether oxygens (including phenoxy) is 2. The number of nitrogens with one attached hydrogen (secondary N) is 2. The maximum Gasteiger partial charge on any atom is 0.309 e. The van der Waals surface area contributed by atoms with Crippen LogP contribution in [0.3, 0.4) is 0 Å². The molecule has 1 aromatic carbocycles. The van der Waals surface area contributed by atoms with Crippen LogP contribution >= 0.6 is 11.3 Å². The first-order valence-corrected chi connectivity index (χ1v) is 8.31. The van der Waals surface area contributed by atoms with E-state index in [0.29, 0.717) is 24.5 Å². The van der Waals surface area contributed by atoms with Crippen LogP contribution in [0.25, 0.3) is 0 Å². The van der Waals surface area contributed by atoms with Gasteiger partial charge in [-0.2, -0.15) is 0 Å². The zero-order valence-corrected chi connectivity index (χ0v) is 14.4. The Kier molecular flexibility index (Phi) is 6.62. The fourth-order valence-corrected chi connectivity index (χ4v) is 2.80. The number of methoxy groups -OCH3 is 2. The van der Waals surface area contributed by atoms with Gasteiger partial charge in [0, 0.05) is 29.6 Å². The van der Waals surface area contributed by atoms with Crippen LogP contribution in [-0.4, -0.2) is 32.6 Å². The van der Waals surface area contributed by atoms with Crippen molar-refractivity contribution >= 4 is 23.2 Å². The minimum Gasteiger partial charge on any atom is -0.497 e. The molecule has 0 aliphatic heterocycles. The minimum absolute atomic E-state index is 0.199. The van der Waals surface area contributed by atoms with Crippen LogP contribution in [-0.2, 0) is 22.6 Å². The molecule has 0 unspecified atom stereocenters. The van der Waals surface area contributed by atoms with Gasteiger partial charge in [-0.25, -0.2) is 0 Å². The third-order valence-electron chi connectivity index (χ3n) is 3.38. The summed E-state index contributed by atoms with van der Waals surface area (Å²) in [5, 5.41) is 7.17. The average Bonchev–Trinajstić information content (AvgIpc) is 3.12. The lowest BCUT2D eigenvalue weighted by molar-refractivity contribution is -0.139. The zero-order valence-electron chi connectivity index (χ0n) is 13.6. The number of thiophene rings is 1. The van der Waals surface area contributed by atoms with E-state index in [1.165, 1.54) is 12.0 Å². The van der Waals surface area contributed by atoms with E-state index in [0.717, 1.165) is 5.56 Å². The van der Waals surface area contributed by atoms with Crippen LogP contribution in [0.2, 0.25) is 0 Å². The van der Waals surface area contributed by atoms with Crippen molar-refractivity contribution in [3.05, 3.63) is 46.2 Å². The first-order chi connectivity index (χ1) is 11.6. The fourth-order valence-electron chi connectivity index (χ4n) is 2.09. The van der Waals surface area contributed by atoms with Gasteiger partial charge in [0.15, 0.2) is 0 Å². The molecule has 7 heteroatoms. The Balaban J connectivity index is 1.80. The molecule has 6 nitrogen and oxygen atoms in total. The molecule has 24 heavy (non-hydrogen) atoms. The Morgan fingerprint density at radius 2 is 1.88 bits per heavy atom. The molecule has 0 saturated carbocycles. The van der Waals surface area contributed by atoms with Gasteiger partial charge in [-0.05, 0) is 30.0 Å². The number of carbonyl (C=O) groups is 2. The minimum atomic E-state index is -0.668. The third kappa shape index (κ3) is 4.99. The summed E-state index contributed by atoms with van der Waals surface area (Å²) in [5.41, 5.74) is 0.762. The molecule has 1 heterocycles. The lowest BCUT2D eigenvalue weighted by atomic mass is 10.2. The molecule has 0 atom stereocenters. The molecule has 0 radical (unpaired) electrons. The maximum atomic E-state index is 11.8. The zero-order chi connectivity index (χ0) is 17.4. The standard InChI is InChI=1S/C17H20N2O4S/c1-22-13-6-5-12(15(10-13)23-2)11-19-17(21)16(20)18-8-7-14-4-3-9-24-14/h3-6,9-10H,7-8,11H2,1-2H3,(H,18,20)(H,19,21). The van der Waals surface area contributed by atoms with Crippen molar-refractivity contribution in [2.45, 2.75) is 13.0 Å². The molecule has 0 spiro atoms. The second-order valence-electron chi connectivity index (χ2n) is 4.95. The number of carbonyl (C=O) groups excluding carboxylic acids is 2. The summed E-state index contributed by atoms with van der Waals surface area (Å²) in [5.74, 6) is -0.0564. The molecule has 0 aliphatic carbocycles. The van der Waals surface area contributed by atoms with Crippen LogP contribution < -0.4 is 20.1 Å². The van der Waals surface area contributed by atoms with Crippen molar-refractivity contribution in [3.8, 4) is 11.5 Å². The largest absolute Gasteiger partial charge is 0.497 e. The summed E-state index contributed by atoms with van der Waals surface area (Å²) in [6, 6.07) is 9.23. The van der Waals surface area contributed by atoms with Crippen molar-refractivity contribution in [1.29, 1.82) is 0 Å². The molecular formula is C17H20N2O4S. The van der Waals surface area contributed by atoms with E-state index < -0.39 is 11.8 Å². The van der Waals surface area contributed by atoms with E-state index in [9.17, 15) is 9.59 Å². The Bertz CT molecular complexity index is 686. The molecule has 2 aromatic rings. The van der Waals surface area contributed by atoms with E-state index in [1.807, 2.05) is 17.5 Å². The highest BCUT2D eigenvalue weighted by Crippen LogP contribution is 2.24. The van der Waals surface area contributed by atoms with Crippen molar-refractivity contribution in [3.63, 3.8) is 0 Å². The van der Waals surface area contributed by atoms with E-state index in [1.54, 1.807) is 36.6 Å². The van der Waals surface area contributed by atoms with E-state index >= 15 is 0 Å². The monoisotopic (exact) mass is 348 g/mol. The summed E-state index contributed by atoms with van der Waals surface area (Å²) >= 11 is 1.62. The molecule has 0 saturated heterocycles. The molecular weight excluding hydrogens is 328 g/mol. The summed E-state index contributed by atoms with van der Waals surface area (Å²) in [6.07, 6.45) is 0.711. The van der Waals surface area contributed by atoms with Crippen molar-refractivity contribution in [1.82, 2.24) is 10.6 Å². The van der Waals surface area contributed by atoms with Crippen LogP contribution in [0.4, 0.5) is 0 Å². The highest BCUT2D eigenvalue weighted by molar-refractivity contribution is 7.09.